The third kappa shape index (κ3) is 6.36. The van der Waals surface area contributed by atoms with Gasteiger partial charge < -0.3 is 15.0 Å². The van der Waals surface area contributed by atoms with E-state index < -0.39 is 35.6 Å². The number of hydrogen-bond acceptors (Lipinski definition) is 5. The molecule has 2 amide bonds. The lowest BCUT2D eigenvalue weighted by Gasteiger charge is -2.26. The van der Waals surface area contributed by atoms with Crippen molar-refractivity contribution in [3.8, 4) is 0 Å². The number of esters is 1. The molecule has 0 aliphatic carbocycles. The van der Waals surface area contributed by atoms with Crippen molar-refractivity contribution in [2.75, 3.05) is 0 Å². The van der Waals surface area contributed by atoms with Gasteiger partial charge in [0.05, 0.1) is 5.69 Å². The number of nitrogens with one attached hydrogen (secondary N) is 1. The van der Waals surface area contributed by atoms with E-state index in [9.17, 15) is 23.2 Å². The molecule has 0 unspecified atom stereocenters. The number of pyridine rings is 1. The summed E-state index contributed by atoms with van der Waals surface area (Å²) in [5.41, 5.74) is 1.46. The second kappa shape index (κ2) is 11.2. The molecule has 2 atom stereocenters. The second-order valence-corrected chi connectivity index (χ2v) is 8.80. The van der Waals surface area contributed by atoms with Crippen molar-refractivity contribution in [2.45, 2.75) is 65.3 Å². The fourth-order valence-electron chi connectivity index (χ4n) is 3.94. The average Bonchev–Trinajstić information content (AvgIpc) is 3.12. The SMILES string of the molecule is Cc1cccc(COC(=O)[C@@H](NC(=O)C[C@@H]2CCC(=O)N2Cc2cccc(F)c2F)C(C)C)n1. The molecule has 2 heterocycles. The molecule has 2 aromatic rings. The van der Waals surface area contributed by atoms with Crippen LogP contribution in [0.1, 0.15) is 50.1 Å². The molecular formula is C25H29F2N3O4. The Bertz CT molecular complexity index is 1060. The number of aromatic nitrogens is 1. The Morgan fingerprint density at radius 1 is 1.21 bits per heavy atom. The first-order valence-electron chi connectivity index (χ1n) is 11.3. The van der Waals surface area contributed by atoms with Crippen LogP contribution in [0.2, 0.25) is 0 Å². The largest absolute Gasteiger partial charge is 0.458 e. The first kappa shape index (κ1) is 25.3. The number of carbonyl (C=O) groups is 3. The Labute approximate surface area is 197 Å². The minimum atomic E-state index is -1.00. The maximum Gasteiger partial charge on any atom is 0.329 e. The standard InChI is InChI=1S/C25H29F2N3O4/c1-15(2)24(25(33)34-14-18-8-4-6-16(3)28-18)29-21(31)12-19-10-11-22(32)30(19)13-17-7-5-9-20(26)23(17)27/h4-9,15,19,24H,10-14H2,1-3H3,(H,29,31)/t19-,24-/m0/s1. The molecule has 1 aromatic heterocycles. The Kier molecular flexibility index (Phi) is 8.31. The Balaban J connectivity index is 1.60. The van der Waals surface area contributed by atoms with Gasteiger partial charge in [0.2, 0.25) is 11.8 Å². The van der Waals surface area contributed by atoms with Gasteiger partial charge in [0.1, 0.15) is 12.6 Å². The van der Waals surface area contributed by atoms with E-state index in [2.05, 4.69) is 10.3 Å². The number of benzene rings is 1. The van der Waals surface area contributed by atoms with E-state index in [0.717, 1.165) is 11.8 Å². The van der Waals surface area contributed by atoms with E-state index >= 15 is 0 Å². The minimum absolute atomic E-state index is 0.0102. The van der Waals surface area contributed by atoms with E-state index in [4.69, 9.17) is 4.74 Å². The van der Waals surface area contributed by atoms with Crippen molar-refractivity contribution in [1.82, 2.24) is 15.2 Å². The number of carbonyl (C=O) groups excluding carboxylic acids is 3. The first-order chi connectivity index (χ1) is 16.2. The van der Waals surface area contributed by atoms with Crippen LogP contribution < -0.4 is 5.32 Å². The van der Waals surface area contributed by atoms with Crippen LogP contribution >= 0.6 is 0 Å². The van der Waals surface area contributed by atoms with Gasteiger partial charge in [-0.3, -0.25) is 14.6 Å². The summed E-state index contributed by atoms with van der Waals surface area (Å²) in [6.45, 7) is 5.27. The van der Waals surface area contributed by atoms with Crippen LogP contribution in [0, 0.1) is 24.5 Å². The van der Waals surface area contributed by atoms with E-state index in [1.54, 1.807) is 19.9 Å². The van der Waals surface area contributed by atoms with Crippen molar-refractivity contribution >= 4 is 17.8 Å². The minimum Gasteiger partial charge on any atom is -0.458 e. The van der Waals surface area contributed by atoms with E-state index in [1.807, 2.05) is 19.1 Å². The topological polar surface area (TPSA) is 88.6 Å². The van der Waals surface area contributed by atoms with Gasteiger partial charge in [0.15, 0.2) is 11.6 Å². The van der Waals surface area contributed by atoms with Crippen molar-refractivity contribution in [3.05, 3.63) is 65.0 Å². The first-order valence-corrected chi connectivity index (χ1v) is 11.3. The Hall–Kier alpha value is -3.36. The van der Waals surface area contributed by atoms with Gasteiger partial charge in [-0.05, 0) is 37.5 Å². The number of nitrogens with zero attached hydrogens (tertiary/aromatic N) is 2. The molecule has 1 saturated heterocycles. The van der Waals surface area contributed by atoms with Crippen LogP contribution in [0.25, 0.3) is 0 Å². The molecule has 182 valence electrons. The number of ether oxygens (including phenoxy) is 1. The van der Waals surface area contributed by atoms with Gasteiger partial charge in [-0.1, -0.05) is 32.0 Å². The highest BCUT2D eigenvalue weighted by Crippen LogP contribution is 2.25. The van der Waals surface area contributed by atoms with Crippen molar-refractivity contribution in [2.24, 2.45) is 5.92 Å². The van der Waals surface area contributed by atoms with Crippen molar-refractivity contribution in [1.29, 1.82) is 0 Å². The fourth-order valence-corrected chi connectivity index (χ4v) is 3.94. The fraction of sp³-hybridized carbons (Fsp3) is 0.440. The number of likely N-dealkylation sites (tertiary alicyclic amines) is 1. The highest BCUT2D eigenvalue weighted by molar-refractivity contribution is 5.86. The smallest absolute Gasteiger partial charge is 0.329 e. The van der Waals surface area contributed by atoms with Gasteiger partial charge >= 0.3 is 5.97 Å². The maximum atomic E-state index is 14.1. The number of aryl methyl sites for hydroxylation is 1. The van der Waals surface area contributed by atoms with Crippen molar-refractivity contribution in [3.63, 3.8) is 0 Å². The number of rotatable bonds is 9. The second-order valence-electron chi connectivity index (χ2n) is 8.80. The van der Waals surface area contributed by atoms with Crippen molar-refractivity contribution < 1.29 is 27.9 Å². The van der Waals surface area contributed by atoms with E-state index in [0.29, 0.717) is 12.1 Å². The summed E-state index contributed by atoms with van der Waals surface area (Å²) in [5, 5.41) is 2.70. The van der Waals surface area contributed by atoms with Crippen LogP contribution in [0.15, 0.2) is 36.4 Å². The summed E-state index contributed by atoms with van der Waals surface area (Å²) in [5.74, 6) is -3.45. The van der Waals surface area contributed by atoms with Crippen LogP contribution in [0.4, 0.5) is 8.78 Å². The summed E-state index contributed by atoms with van der Waals surface area (Å²) in [4.78, 5) is 43.4. The molecule has 0 radical (unpaired) electrons. The van der Waals surface area contributed by atoms with Gasteiger partial charge in [0.25, 0.3) is 0 Å². The molecule has 1 aliphatic heterocycles. The van der Waals surface area contributed by atoms with E-state index in [-0.39, 0.29) is 43.4 Å². The lowest BCUT2D eigenvalue weighted by Crippen LogP contribution is -2.47. The number of hydrogen-bond donors (Lipinski definition) is 1. The lowest BCUT2D eigenvalue weighted by atomic mass is 10.0. The van der Waals surface area contributed by atoms with Gasteiger partial charge in [-0.2, -0.15) is 0 Å². The number of amides is 2. The molecule has 34 heavy (non-hydrogen) atoms. The molecule has 0 spiro atoms. The lowest BCUT2D eigenvalue weighted by molar-refractivity contribution is -0.150. The summed E-state index contributed by atoms with van der Waals surface area (Å²) in [6, 6.07) is 7.85. The van der Waals surface area contributed by atoms with Gasteiger partial charge in [0, 0.05) is 36.7 Å². The molecule has 0 bridgehead atoms. The van der Waals surface area contributed by atoms with E-state index in [1.165, 1.54) is 17.0 Å². The highest BCUT2D eigenvalue weighted by atomic mass is 19.2. The zero-order valence-corrected chi connectivity index (χ0v) is 19.5. The zero-order chi connectivity index (χ0) is 24.8. The third-order valence-corrected chi connectivity index (χ3v) is 5.79. The van der Waals surface area contributed by atoms with Crippen LogP contribution in [-0.4, -0.2) is 39.8 Å². The predicted octanol–water partition coefficient (Wildman–Crippen LogP) is 3.43. The van der Waals surface area contributed by atoms with Gasteiger partial charge in [-0.15, -0.1) is 0 Å². The molecule has 1 aliphatic rings. The zero-order valence-electron chi connectivity index (χ0n) is 19.5. The monoisotopic (exact) mass is 473 g/mol. The summed E-state index contributed by atoms with van der Waals surface area (Å²) >= 11 is 0. The quantitative estimate of drug-likeness (QED) is 0.564. The molecule has 1 aromatic carbocycles. The molecule has 1 N–H and O–H groups in total. The number of halogens is 2. The van der Waals surface area contributed by atoms with Crippen LogP contribution in [-0.2, 0) is 32.3 Å². The summed E-state index contributed by atoms with van der Waals surface area (Å²) in [7, 11) is 0. The molecule has 7 nitrogen and oxygen atoms in total. The summed E-state index contributed by atoms with van der Waals surface area (Å²) in [6.07, 6.45) is 0.575. The molecule has 1 fully saturated rings. The van der Waals surface area contributed by atoms with Crippen LogP contribution in [0.3, 0.4) is 0 Å². The normalized spacial score (nSPS) is 16.6. The molecular weight excluding hydrogens is 444 g/mol. The Morgan fingerprint density at radius 2 is 1.94 bits per heavy atom. The highest BCUT2D eigenvalue weighted by Gasteiger charge is 2.34. The molecule has 9 heteroatoms. The third-order valence-electron chi connectivity index (χ3n) is 5.79. The maximum absolute atomic E-state index is 14.1. The predicted molar refractivity (Wildman–Crippen MR) is 120 cm³/mol. The van der Waals surface area contributed by atoms with Crippen LogP contribution in [0.5, 0.6) is 0 Å². The molecule has 3 rings (SSSR count). The average molecular weight is 474 g/mol. The van der Waals surface area contributed by atoms with Gasteiger partial charge in [-0.25, -0.2) is 13.6 Å². The Morgan fingerprint density at radius 3 is 2.65 bits per heavy atom. The summed E-state index contributed by atoms with van der Waals surface area (Å²) < 4.78 is 33.0. The molecule has 0 saturated carbocycles.